The average Bonchev–Trinajstić information content (AvgIpc) is 2.95. The number of allylic oxidation sites excluding steroid dienone is 1. The molecule has 5 rings (SSSR count). The minimum absolute atomic E-state index is 0.0618. The summed E-state index contributed by atoms with van der Waals surface area (Å²) >= 11 is 0. The van der Waals surface area contributed by atoms with Crippen LogP contribution in [-0.2, 0) is 16.1 Å². The Balaban J connectivity index is 1.26. The van der Waals surface area contributed by atoms with E-state index >= 15 is 0 Å². The lowest BCUT2D eigenvalue weighted by molar-refractivity contribution is -0.119. The Hall–Kier alpha value is -3.43. The molecule has 3 aliphatic rings. The number of aromatic nitrogens is 1. The number of pyridine rings is 1. The molecule has 3 aliphatic heterocycles. The van der Waals surface area contributed by atoms with Crippen molar-refractivity contribution in [2.75, 3.05) is 33.4 Å². The molecule has 0 unspecified atom stereocenters. The number of carbonyl (C=O) groups excluding carboxylic acids is 2. The van der Waals surface area contributed by atoms with E-state index in [0.717, 1.165) is 31.6 Å². The van der Waals surface area contributed by atoms with Gasteiger partial charge in [-0.05, 0) is 62.6 Å². The molecular weight excluding hydrogens is 536 g/mol. The Morgan fingerprint density at radius 3 is 2.76 bits per heavy atom. The van der Waals surface area contributed by atoms with Gasteiger partial charge in [0.25, 0.3) is 5.56 Å². The fourth-order valence-corrected chi connectivity index (χ4v) is 6.53. The first-order valence-electron chi connectivity index (χ1n) is 15.1. The van der Waals surface area contributed by atoms with Gasteiger partial charge in [0.15, 0.2) is 0 Å². The van der Waals surface area contributed by atoms with E-state index in [2.05, 4.69) is 4.90 Å². The van der Waals surface area contributed by atoms with Crippen molar-refractivity contribution in [3.63, 3.8) is 0 Å². The molecule has 9 nitrogen and oxygen atoms in total. The number of benzene rings is 1. The summed E-state index contributed by atoms with van der Waals surface area (Å²) < 4.78 is 19.2. The van der Waals surface area contributed by atoms with Crippen molar-refractivity contribution in [2.45, 2.75) is 76.5 Å². The number of Topliss-reactive ketones (excluding diaryl/α,β-unsaturated/α-hetero) is 1. The predicted molar refractivity (Wildman–Crippen MR) is 159 cm³/mol. The Morgan fingerprint density at radius 2 is 1.93 bits per heavy atom. The maximum atomic E-state index is 13.2. The van der Waals surface area contributed by atoms with Crippen molar-refractivity contribution in [1.29, 1.82) is 0 Å². The summed E-state index contributed by atoms with van der Waals surface area (Å²) in [5.74, 6) is 1.25. The minimum atomic E-state index is -0.722. The van der Waals surface area contributed by atoms with Gasteiger partial charge in [0.1, 0.15) is 35.6 Å². The van der Waals surface area contributed by atoms with E-state index in [1.807, 2.05) is 35.8 Å². The number of aliphatic hydroxyl groups excluding tert-OH is 1. The number of ketones is 1. The van der Waals surface area contributed by atoms with E-state index in [1.165, 1.54) is 7.11 Å². The van der Waals surface area contributed by atoms with Crippen LogP contribution < -0.4 is 15.0 Å². The van der Waals surface area contributed by atoms with Crippen LogP contribution in [0.5, 0.6) is 11.5 Å². The summed E-state index contributed by atoms with van der Waals surface area (Å²) in [5.41, 5.74) is 2.09. The van der Waals surface area contributed by atoms with Gasteiger partial charge in [-0.15, -0.1) is 0 Å². The molecule has 9 heteroatoms. The fourth-order valence-electron chi connectivity index (χ4n) is 6.53. The van der Waals surface area contributed by atoms with E-state index in [1.54, 1.807) is 18.2 Å². The van der Waals surface area contributed by atoms with Crippen LogP contribution in [0.15, 0.2) is 41.2 Å². The van der Waals surface area contributed by atoms with Crippen molar-refractivity contribution >= 4 is 17.8 Å². The van der Waals surface area contributed by atoms with Crippen LogP contribution in [0.4, 0.5) is 0 Å². The first-order valence-corrected chi connectivity index (χ1v) is 15.1. The maximum absolute atomic E-state index is 13.2. The first-order chi connectivity index (χ1) is 20.3. The van der Waals surface area contributed by atoms with Crippen LogP contribution in [0, 0.1) is 5.92 Å². The van der Waals surface area contributed by atoms with E-state index in [0.29, 0.717) is 73.7 Å². The molecule has 1 saturated heterocycles. The highest BCUT2D eigenvalue weighted by atomic mass is 16.5. The van der Waals surface area contributed by atoms with Crippen LogP contribution in [-0.4, -0.2) is 71.9 Å². The molecule has 42 heavy (non-hydrogen) atoms. The normalized spacial score (nSPS) is 24.1. The summed E-state index contributed by atoms with van der Waals surface area (Å²) in [6, 6.07) is 8.92. The summed E-state index contributed by atoms with van der Waals surface area (Å²) in [6.45, 7) is 4.72. The third-order valence-corrected chi connectivity index (χ3v) is 8.50. The third kappa shape index (κ3) is 7.31. The van der Waals surface area contributed by atoms with Crippen LogP contribution in [0.3, 0.4) is 0 Å². The van der Waals surface area contributed by atoms with Gasteiger partial charge in [0.2, 0.25) is 0 Å². The van der Waals surface area contributed by atoms with Crippen LogP contribution in [0.2, 0.25) is 0 Å². The van der Waals surface area contributed by atoms with Crippen molar-refractivity contribution in [2.24, 2.45) is 5.92 Å². The van der Waals surface area contributed by atoms with Crippen molar-refractivity contribution in [3.8, 4) is 11.5 Å². The number of likely N-dealkylation sites (tertiary alicyclic amines) is 1. The molecule has 0 spiro atoms. The number of carbonyl (C=O) groups is 2. The Morgan fingerprint density at radius 1 is 1.10 bits per heavy atom. The van der Waals surface area contributed by atoms with Gasteiger partial charge >= 0.3 is 5.97 Å². The van der Waals surface area contributed by atoms with Gasteiger partial charge in [-0.2, -0.15) is 0 Å². The molecule has 0 radical (unpaired) electrons. The van der Waals surface area contributed by atoms with Gasteiger partial charge in [-0.25, -0.2) is 4.79 Å². The van der Waals surface area contributed by atoms with E-state index in [4.69, 9.17) is 14.2 Å². The molecule has 4 atom stereocenters. The Labute approximate surface area is 247 Å². The van der Waals surface area contributed by atoms with E-state index < -0.39 is 12.1 Å². The number of fused-ring (bicyclic) bond motifs is 5. The van der Waals surface area contributed by atoms with E-state index in [-0.39, 0.29) is 30.0 Å². The average molecular weight is 579 g/mol. The molecule has 2 bridgehead atoms. The van der Waals surface area contributed by atoms with Gasteiger partial charge < -0.3 is 23.9 Å². The lowest BCUT2D eigenvalue weighted by Crippen LogP contribution is -2.49. The van der Waals surface area contributed by atoms with Crippen molar-refractivity contribution in [3.05, 3.63) is 63.6 Å². The summed E-state index contributed by atoms with van der Waals surface area (Å²) in [5, 5.41) is 10.9. The molecule has 0 amide bonds. The molecule has 0 aliphatic carbocycles. The van der Waals surface area contributed by atoms with Gasteiger partial charge in [-0.1, -0.05) is 18.2 Å². The first kappa shape index (κ1) is 30.0. The second kappa shape index (κ2) is 13.7. The summed E-state index contributed by atoms with van der Waals surface area (Å²) in [4.78, 5) is 39.9. The Kier molecular flexibility index (Phi) is 9.80. The number of methoxy groups -OCH3 is 1. The van der Waals surface area contributed by atoms with Crippen LogP contribution >= 0.6 is 0 Å². The number of ether oxygens (including phenoxy) is 3. The highest BCUT2D eigenvalue weighted by molar-refractivity contribution is 5.97. The predicted octanol–water partition coefficient (Wildman–Crippen LogP) is 4.20. The number of hydrogen-bond donors (Lipinski definition) is 1. The lowest BCUT2D eigenvalue weighted by atomic mass is 9.83. The standard InChI is InChI=1S/C33H42N2O7/c1-22-8-6-11-26(36)10-5-3-4-9-24-15-28(16-30(40-2)32(24)33(39)42-22)41-21-27(37)20-34-17-23-14-25(19-34)29-12-7-13-31(38)35(29)18-23/h4,7,9,12-13,15-16,22-23,25,27,37H,3,5-6,8,10-11,14,17-21H2,1-2H3/t22-,23-,25+,27+/m0/s1. The highest BCUT2D eigenvalue weighted by Gasteiger charge is 2.35. The fraction of sp³-hybridized carbons (Fsp3) is 0.545. The number of rotatable bonds is 6. The number of nitrogens with zero attached hydrogens (tertiary/aromatic N) is 2. The highest BCUT2D eigenvalue weighted by Crippen LogP contribution is 2.35. The molecule has 1 fully saturated rings. The molecular formula is C33H42N2O7. The molecule has 2 aromatic rings. The number of piperidine rings is 1. The van der Waals surface area contributed by atoms with Gasteiger partial charge in [0, 0.05) is 62.8 Å². The molecule has 226 valence electrons. The lowest BCUT2D eigenvalue weighted by Gasteiger charge is -2.43. The maximum Gasteiger partial charge on any atom is 0.342 e. The van der Waals surface area contributed by atoms with Crippen molar-refractivity contribution < 1.29 is 28.9 Å². The van der Waals surface area contributed by atoms with Gasteiger partial charge in [0.05, 0.1) is 13.2 Å². The Bertz CT molecular complexity index is 1370. The number of aliphatic hydroxyl groups is 1. The summed E-state index contributed by atoms with van der Waals surface area (Å²) in [6.07, 6.45) is 7.63. The SMILES string of the molecule is COc1cc(OC[C@H](O)CN2C[C@@H]3C[C@H](C2)c2cccc(=O)n2C3)cc2c1C(=O)O[C@@H](C)CCCC(=O)CCCC=C2. The zero-order valence-corrected chi connectivity index (χ0v) is 24.6. The largest absolute Gasteiger partial charge is 0.496 e. The van der Waals surface area contributed by atoms with Gasteiger partial charge in [-0.3, -0.25) is 14.5 Å². The topological polar surface area (TPSA) is 107 Å². The monoisotopic (exact) mass is 578 g/mol. The van der Waals surface area contributed by atoms with Crippen molar-refractivity contribution in [1.82, 2.24) is 9.47 Å². The summed E-state index contributed by atoms with van der Waals surface area (Å²) in [7, 11) is 1.51. The quantitative estimate of drug-likeness (QED) is 0.509. The molecule has 4 heterocycles. The third-order valence-electron chi connectivity index (χ3n) is 8.50. The number of cyclic esters (lactones) is 1. The second-order valence-corrected chi connectivity index (χ2v) is 11.9. The van der Waals surface area contributed by atoms with Crippen LogP contribution in [0.1, 0.15) is 79.4 Å². The second-order valence-electron chi connectivity index (χ2n) is 11.9. The molecule has 1 aromatic heterocycles. The zero-order chi connectivity index (χ0) is 29.6. The number of β-amino-alcohol motifs (C(OH)–C–C–N with tert-alkyl or cyclic N) is 1. The smallest absolute Gasteiger partial charge is 0.342 e. The molecule has 0 saturated carbocycles. The number of hydrogen-bond acceptors (Lipinski definition) is 8. The van der Waals surface area contributed by atoms with E-state index in [9.17, 15) is 19.5 Å². The molecule has 1 N–H and O–H groups in total. The zero-order valence-electron chi connectivity index (χ0n) is 24.6. The number of esters is 1. The van der Waals surface area contributed by atoms with Crippen LogP contribution in [0.25, 0.3) is 6.08 Å². The molecule has 1 aromatic carbocycles. The minimum Gasteiger partial charge on any atom is -0.496 e.